The van der Waals surface area contributed by atoms with Gasteiger partial charge in [-0.15, -0.1) is 0 Å². The Balaban J connectivity index is 0.801. The first-order valence-electron chi connectivity index (χ1n) is 36.3. The SMILES string of the molecule is CCCCN1\C(=C/C=C/C=C/C2N(CCCC)c3ccc(C)cc3C2(C)C)C(C)(CCCC(=O)NCCNC(=O)c2cccc(OCC(OCCOCC(=O)NCC#Cc3cn([C@H]4CC(O[C@@H](C)SSC)[C@@H](COP(=O)(O)OP(=O)(O)OP(=O)(O)O)O4)c4nc(N)[nH]c(=O)c34)SSC(C)(C)C)c2)c2cc(S(=O)(=O)O)ccc21. The van der Waals surface area contributed by atoms with Gasteiger partial charge in [0.15, 0.2) is 5.65 Å². The maximum absolute atomic E-state index is 13.5. The minimum Gasteiger partial charge on any atom is -0.490 e. The molecule has 3 amide bonds. The van der Waals surface area contributed by atoms with Gasteiger partial charge in [-0.25, -0.2) is 13.7 Å². The molecule has 1 fully saturated rings. The molecule has 31 nitrogen and oxygen atoms in total. The molecule has 3 aliphatic rings. The lowest BCUT2D eigenvalue weighted by Gasteiger charge is -2.32. The Labute approximate surface area is 669 Å². The predicted octanol–water partition coefficient (Wildman–Crippen LogP) is 11.9. The van der Waals surface area contributed by atoms with Crippen molar-refractivity contribution in [3.05, 3.63) is 141 Å². The zero-order chi connectivity index (χ0) is 82.0. The van der Waals surface area contributed by atoms with Crippen LogP contribution >= 0.6 is 66.6 Å². The summed E-state index contributed by atoms with van der Waals surface area (Å²) >= 11 is 0. The number of amides is 3. The maximum atomic E-state index is 13.5. The van der Waals surface area contributed by atoms with Gasteiger partial charge in [0.25, 0.3) is 21.6 Å². The second kappa shape index (κ2) is 40.7. The number of phosphoric acid groups is 3. The van der Waals surface area contributed by atoms with E-state index in [0.29, 0.717) is 30.7 Å². The second-order valence-corrected chi connectivity index (χ2v) is 40.2. The molecule has 5 aromatic rings. The van der Waals surface area contributed by atoms with E-state index in [-0.39, 0.29) is 114 Å². The van der Waals surface area contributed by atoms with E-state index in [1.807, 2.05) is 32.9 Å². The summed E-state index contributed by atoms with van der Waals surface area (Å²) in [4.78, 5) is 102. The Bertz CT molecular complexity index is 4620. The van der Waals surface area contributed by atoms with Crippen molar-refractivity contribution in [1.82, 2.24) is 30.5 Å². The fraction of sp³-hybridized carbons (Fsp3) is 0.521. The molecule has 6 unspecified atom stereocenters. The fourth-order valence-electron chi connectivity index (χ4n) is 13.1. The fourth-order valence-corrected chi connectivity index (χ4v) is 20.2. The molecule has 3 aromatic carbocycles. The van der Waals surface area contributed by atoms with E-state index in [4.69, 9.17) is 43.7 Å². The molecular formula is C73H102N9O22P3S5. The highest BCUT2D eigenvalue weighted by atomic mass is 33.1. The van der Waals surface area contributed by atoms with Gasteiger partial charge in [0.05, 0.1) is 54.4 Å². The van der Waals surface area contributed by atoms with Crippen LogP contribution in [0.3, 0.4) is 0 Å². The van der Waals surface area contributed by atoms with Crippen molar-refractivity contribution in [2.45, 2.75) is 176 Å². The van der Waals surface area contributed by atoms with E-state index in [9.17, 15) is 55.6 Å². The number of aromatic amines is 1. The molecule has 9 atom stereocenters. The molecule has 0 saturated carbocycles. The summed E-state index contributed by atoms with van der Waals surface area (Å²) in [6.45, 7) is 21.7. The highest BCUT2D eigenvalue weighted by Gasteiger charge is 2.47. The Kier molecular flexibility index (Phi) is 33.3. The number of nitrogen functional groups attached to an aromatic ring is 1. The number of aryl methyl sites for hydroxylation is 1. The van der Waals surface area contributed by atoms with Crippen LogP contribution in [-0.4, -0.2) is 171 Å². The van der Waals surface area contributed by atoms with E-state index in [2.05, 4.69) is 134 Å². The summed E-state index contributed by atoms with van der Waals surface area (Å²) in [7, 11) is -15.8. The first-order chi connectivity index (χ1) is 52.7. The van der Waals surface area contributed by atoms with Crippen LogP contribution in [0.5, 0.6) is 5.75 Å². The largest absolute Gasteiger partial charge is 0.490 e. The van der Waals surface area contributed by atoms with Crippen LogP contribution in [0.25, 0.3) is 11.0 Å². The molecule has 0 aliphatic carbocycles. The third-order valence-electron chi connectivity index (χ3n) is 18.2. The summed E-state index contributed by atoms with van der Waals surface area (Å²) in [5.41, 5.74) is 10.3. The lowest BCUT2D eigenvalue weighted by molar-refractivity contribution is -0.126. The molecule has 2 aromatic heterocycles. The third kappa shape index (κ3) is 26.3. The van der Waals surface area contributed by atoms with Gasteiger partial charge in [0.2, 0.25) is 17.8 Å². The number of nitrogens with one attached hydrogen (secondary N) is 4. The van der Waals surface area contributed by atoms with Crippen LogP contribution in [0.15, 0.2) is 113 Å². The number of benzene rings is 3. The number of H-pyrrole nitrogens is 1. The first kappa shape index (κ1) is 91.6. The number of carbonyl (C=O) groups is 3. The van der Waals surface area contributed by atoms with E-state index in [0.717, 1.165) is 49.2 Å². The number of carbonyl (C=O) groups excluding carboxylic acids is 3. The summed E-state index contributed by atoms with van der Waals surface area (Å²) in [6.07, 6.45) is 15.7. The Morgan fingerprint density at radius 1 is 0.893 bits per heavy atom. The van der Waals surface area contributed by atoms with Gasteiger partial charge in [0.1, 0.15) is 42.2 Å². The number of unbranched alkanes of at least 4 members (excludes halogenated alkanes) is 2. The number of fused-ring (bicyclic) bond motifs is 3. The third-order valence-corrected chi connectivity index (χ3v) is 28.3. The number of hydrogen-bond donors (Lipinski definition) is 10. The van der Waals surface area contributed by atoms with Gasteiger partial charge >= 0.3 is 23.5 Å². The molecule has 39 heteroatoms. The molecule has 0 radical (unpaired) electrons. The minimum absolute atomic E-state index is 0.000815. The van der Waals surface area contributed by atoms with Crippen LogP contribution in [0.2, 0.25) is 0 Å². The molecule has 5 heterocycles. The maximum Gasteiger partial charge on any atom is 0.490 e. The van der Waals surface area contributed by atoms with Gasteiger partial charge in [-0.1, -0.05) is 164 Å². The zero-order valence-corrected chi connectivity index (χ0v) is 71.1. The number of nitrogens with zero attached hydrogens (tertiary/aromatic N) is 4. The van der Waals surface area contributed by atoms with Crippen molar-refractivity contribution in [3.63, 3.8) is 0 Å². The van der Waals surface area contributed by atoms with Crippen molar-refractivity contribution < 1.29 is 97.5 Å². The summed E-state index contributed by atoms with van der Waals surface area (Å²) in [6, 6.07) is 18.3. The lowest BCUT2D eigenvalue weighted by atomic mass is 9.77. The van der Waals surface area contributed by atoms with Gasteiger partial charge in [0, 0.05) is 83.4 Å². The monoisotopic (exact) mass is 1710 g/mol. The number of anilines is 3. The number of ether oxygens (including phenoxy) is 5. The van der Waals surface area contributed by atoms with Crippen LogP contribution in [0, 0.1) is 18.8 Å². The minimum atomic E-state index is -5.82. The van der Waals surface area contributed by atoms with Crippen molar-refractivity contribution in [3.8, 4) is 17.6 Å². The predicted molar refractivity (Wildman–Crippen MR) is 438 cm³/mol. The van der Waals surface area contributed by atoms with Crippen LogP contribution in [0.4, 0.5) is 17.3 Å². The van der Waals surface area contributed by atoms with Gasteiger partial charge in [-0.3, -0.25) is 33.2 Å². The van der Waals surface area contributed by atoms with Crippen molar-refractivity contribution in [2.75, 3.05) is 87.5 Å². The molecule has 112 heavy (non-hydrogen) atoms. The van der Waals surface area contributed by atoms with Crippen molar-refractivity contribution in [1.29, 1.82) is 0 Å². The number of aromatic nitrogens is 3. The number of nitrogens with two attached hydrogens (primary N) is 1. The summed E-state index contributed by atoms with van der Waals surface area (Å²) < 4.78 is 115. The Morgan fingerprint density at radius 3 is 2.34 bits per heavy atom. The smallest absolute Gasteiger partial charge is 0.490 e. The number of hydrogen-bond acceptors (Lipinski definition) is 25. The molecular weight excluding hydrogens is 1610 g/mol. The van der Waals surface area contributed by atoms with Crippen LogP contribution < -0.4 is 41.8 Å². The number of rotatable bonds is 42. The molecule has 616 valence electrons. The molecule has 8 rings (SSSR count). The summed E-state index contributed by atoms with van der Waals surface area (Å²) in [5, 5.41) is 8.43. The normalized spacial score (nSPS) is 20.3. The highest BCUT2D eigenvalue weighted by molar-refractivity contribution is 8.77. The standard InChI is InChI=1S/C73H102N9O22P3S5/c1-12-14-36-80-56-30-28-48(3)40-54(56)72(8,9)60(80)25-17-16-18-26-61-73(10,55-42-53(112(94,95)96)29-31-57(55)81(61)37-15-13-2)32-20-27-62(83)76-34-35-77-68(85)50-22-19-24-52(41-50)99-47-65(110-111-71(5,6)7)98-39-38-97-46-63(84)75-33-21-23-51-44-82(67-66(51)69(86)79-70(74)78-67)64-43-58(101-49(4)109-108-11)59(102-64)45-100-106(90,91)104-107(92,93)103-105(87,88)89/h16-19,22,24-26,28-31,40-42,44,49,58-60,64-65H,12-15,20,27,32-39,43,45-47H2,1-11H3,(H,75,84)(H,76,83)(H,77,85)(H,90,91)(H,92,93)(H2,87,88,89)(H,94,95,96)(H3,74,78,79,86)/b18-16+,25-17+,61-26-/t49-,58?,59-,60?,64-,65?,73?/m1/s1. The van der Waals surface area contributed by atoms with E-state index in [1.165, 1.54) is 66.0 Å². The number of phosphoric ester groups is 1. The topological polar surface area (TPSA) is 431 Å². The average molecular weight is 1710 g/mol. The highest BCUT2D eigenvalue weighted by Crippen LogP contribution is 2.66. The lowest BCUT2D eigenvalue weighted by Crippen LogP contribution is -2.40. The molecule has 11 N–H and O–H groups in total. The first-order valence-corrected chi connectivity index (χ1v) is 47.1. The number of allylic oxidation sites excluding steroid dienone is 5. The second-order valence-electron chi connectivity index (χ2n) is 28.4. The van der Waals surface area contributed by atoms with E-state index in [1.54, 1.807) is 60.4 Å². The molecule has 3 aliphatic heterocycles. The van der Waals surface area contributed by atoms with Gasteiger partial charge < -0.3 is 79.3 Å². The van der Waals surface area contributed by atoms with Gasteiger partial charge in [-0.05, 0) is 112 Å². The Hall–Kier alpha value is -5.97. The Morgan fingerprint density at radius 2 is 1.62 bits per heavy atom. The molecule has 0 bridgehead atoms. The molecule has 1 saturated heterocycles. The van der Waals surface area contributed by atoms with Crippen LogP contribution in [0.1, 0.15) is 153 Å². The molecule has 0 spiro atoms. The van der Waals surface area contributed by atoms with Gasteiger partial charge in [-0.2, -0.15) is 22.0 Å². The van der Waals surface area contributed by atoms with E-state index < -0.39 is 86.4 Å². The van der Waals surface area contributed by atoms with Crippen molar-refractivity contribution >= 4 is 123 Å². The zero-order valence-electron chi connectivity index (χ0n) is 64.4. The summed E-state index contributed by atoms with van der Waals surface area (Å²) in [5.74, 6) is 4.69. The quantitative estimate of drug-likeness (QED) is 0.00330. The van der Waals surface area contributed by atoms with E-state index >= 15 is 0 Å². The average Bonchev–Trinajstić information content (AvgIpc) is 1.59. The van der Waals surface area contributed by atoms with Crippen LogP contribution in [-0.2, 0) is 76.3 Å². The van der Waals surface area contributed by atoms with Crippen molar-refractivity contribution in [2.24, 2.45) is 0 Å².